The first-order chi connectivity index (χ1) is 10.6. The van der Waals surface area contributed by atoms with E-state index in [-0.39, 0.29) is 36.0 Å². The summed E-state index contributed by atoms with van der Waals surface area (Å²) >= 11 is 5.90. The average molecular weight is 320 g/mol. The van der Waals surface area contributed by atoms with Crippen molar-refractivity contribution in [3.63, 3.8) is 0 Å². The molecule has 0 spiro atoms. The number of carbonyl (C=O) groups is 2. The number of amides is 2. The van der Waals surface area contributed by atoms with Crippen molar-refractivity contribution < 1.29 is 14.1 Å². The molecule has 114 valence electrons. The van der Waals surface area contributed by atoms with Crippen molar-refractivity contribution in [3.05, 3.63) is 52.9 Å². The lowest BCUT2D eigenvalue weighted by molar-refractivity contribution is -0.127. The number of hydrogen-bond donors (Lipinski definition) is 1. The van der Waals surface area contributed by atoms with Crippen LogP contribution in [-0.4, -0.2) is 35.0 Å². The molecule has 2 aromatic rings. The van der Waals surface area contributed by atoms with Gasteiger partial charge >= 0.3 is 0 Å². The Morgan fingerprint density at radius 2 is 2.09 bits per heavy atom. The van der Waals surface area contributed by atoms with Gasteiger partial charge in [0.15, 0.2) is 5.69 Å². The number of benzene rings is 1. The van der Waals surface area contributed by atoms with E-state index in [0.29, 0.717) is 5.02 Å². The molecule has 2 atom stereocenters. The number of hydrogen-bond acceptors (Lipinski definition) is 4. The monoisotopic (exact) mass is 319 g/mol. The Hall–Kier alpha value is -2.34. The topological polar surface area (TPSA) is 75.4 Å². The molecule has 1 aliphatic rings. The van der Waals surface area contributed by atoms with Crippen LogP contribution in [0, 0.1) is 0 Å². The fraction of sp³-hybridized carbons (Fsp3) is 0.267. The molecule has 1 aromatic heterocycles. The summed E-state index contributed by atoms with van der Waals surface area (Å²) in [6.07, 6.45) is 1.57. The molecule has 2 amide bonds. The van der Waals surface area contributed by atoms with Gasteiger partial charge in [0.05, 0.1) is 12.1 Å². The molecule has 0 radical (unpaired) electrons. The van der Waals surface area contributed by atoms with Crippen LogP contribution in [0.2, 0.25) is 5.02 Å². The zero-order chi connectivity index (χ0) is 15.7. The minimum absolute atomic E-state index is 0.0228. The van der Waals surface area contributed by atoms with Crippen molar-refractivity contribution >= 4 is 23.4 Å². The van der Waals surface area contributed by atoms with Gasteiger partial charge in [-0.3, -0.25) is 9.59 Å². The van der Waals surface area contributed by atoms with Crippen molar-refractivity contribution in [2.45, 2.75) is 18.5 Å². The maximum atomic E-state index is 12.1. The molecule has 22 heavy (non-hydrogen) atoms. The Kier molecular flexibility index (Phi) is 3.85. The third kappa shape index (κ3) is 2.69. The summed E-state index contributed by atoms with van der Waals surface area (Å²) in [4.78, 5) is 25.8. The summed E-state index contributed by atoms with van der Waals surface area (Å²) in [5.41, 5.74) is 1.11. The zero-order valence-corrected chi connectivity index (χ0v) is 12.6. The second kappa shape index (κ2) is 5.81. The number of aromatic nitrogens is 1. The average Bonchev–Trinajstić information content (AvgIpc) is 3.11. The Morgan fingerprint density at radius 1 is 1.36 bits per heavy atom. The number of likely N-dealkylation sites (tertiary alicyclic amines) is 1. The Bertz CT molecular complexity index is 685. The molecule has 1 aromatic carbocycles. The molecule has 1 fully saturated rings. The molecule has 0 bridgehead atoms. The van der Waals surface area contributed by atoms with Gasteiger partial charge in [0.1, 0.15) is 6.26 Å². The van der Waals surface area contributed by atoms with Crippen LogP contribution in [0.3, 0.4) is 0 Å². The lowest BCUT2D eigenvalue weighted by atomic mass is 10.00. The van der Waals surface area contributed by atoms with Gasteiger partial charge < -0.3 is 14.7 Å². The Balaban J connectivity index is 1.83. The molecule has 3 rings (SSSR count). The first kappa shape index (κ1) is 14.6. The van der Waals surface area contributed by atoms with Gasteiger partial charge in [0, 0.05) is 24.6 Å². The molecule has 6 nitrogen and oxygen atoms in total. The molecule has 7 heteroatoms. The molecule has 1 aliphatic heterocycles. The van der Waals surface area contributed by atoms with E-state index in [1.165, 1.54) is 12.3 Å². The molecule has 0 saturated carbocycles. The summed E-state index contributed by atoms with van der Waals surface area (Å²) in [6.45, 7) is 0. The van der Waals surface area contributed by atoms with Crippen molar-refractivity contribution in [1.29, 1.82) is 0 Å². The van der Waals surface area contributed by atoms with Crippen LogP contribution in [0.4, 0.5) is 0 Å². The van der Waals surface area contributed by atoms with Crippen molar-refractivity contribution in [3.8, 4) is 0 Å². The summed E-state index contributed by atoms with van der Waals surface area (Å²) in [7, 11) is 1.73. The predicted molar refractivity (Wildman–Crippen MR) is 79.3 cm³/mol. The number of rotatable bonds is 3. The fourth-order valence-electron chi connectivity index (χ4n) is 2.69. The largest absolute Gasteiger partial charge is 0.364 e. The standard InChI is InChI=1S/C15H14ClN3O3/c1-19-13(20)8-12(17-15(21)11-6-7-22-18-11)14(19)9-2-4-10(16)5-3-9/h2-7,12,14H,8H2,1H3,(H,17,21)/t12-,14+/m1/s1. The molecule has 1 N–H and O–H groups in total. The lowest BCUT2D eigenvalue weighted by Crippen LogP contribution is -2.39. The van der Waals surface area contributed by atoms with E-state index in [1.807, 2.05) is 12.1 Å². The van der Waals surface area contributed by atoms with Crippen LogP contribution in [0.25, 0.3) is 0 Å². The van der Waals surface area contributed by atoms with Crippen LogP contribution in [0.15, 0.2) is 41.1 Å². The van der Waals surface area contributed by atoms with Crippen molar-refractivity contribution in [2.24, 2.45) is 0 Å². The Labute approximate surface area is 132 Å². The number of nitrogens with one attached hydrogen (secondary N) is 1. The minimum atomic E-state index is -0.360. The van der Waals surface area contributed by atoms with Crippen LogP contribution < -0.4 is 5.32 Å². The maximum Gasteiger partial charge on any atom is 0.273 e. The zero-order valence-electron chi connectivity index (χ0n) is 11.8. The van der Waals surface area contributed by atoms with Gasteiger partial charge in [-0.05, 0) is 17.7 Å². The summed E-state index contributed by atoms with van der Waals surface area (Å²) < 4.78 is 4.66. The second-order valence-corrected chi connectivity index (χ2v) is 5.61. The third-order valence-corrected chi connectivity index (χ3v) is 4.04. The van der Waals surface area contributed by atoms with Crippen LogP contribution in [-0.2, 0) is 4.79 Å². The summed E-state index contributed by atoms with van der Waals surface area (Å²) in [6, 6.07) is 8.17. The highest BCUT2D eigenvalue weighted by Gasteiger charge is 2.39. The van der Waals surface area contributed by atoms with Crippen LogP contribution in [0.1, 0.15) is 28.5 Å². The van der Waals surface area contributed by atoms with Crippen LogP contribution in [0.5, 0.6) is 0 Å². The van der Waals surface area contributed by atoms with E-state index in [9.17, 15) is 9.59 Å². The van der Waals surface area contributed by atoms with Gasteiger partial charge in [0.2, 0.25) is 5.91 Å². The number of carbonyl (C=O) groups excluding carboxylic acids is 2. The van der Waals surface area contributed by atoms with E-state index in [0.717, 1.165) is 5.56 Å². The quantitative estimate of drug-likeness (QED) is 0.939. The second-order valence-electron chi connectivity index (χ2n) is 5.17. The smallest absolute Gasteiger partial charge is 0.273 e. The molecular weight excluding hydrogens is 306 g/mol. The van der Waals surface area contributed by atoms with E-state index in [2.05, 4.69) is 15.0 Å². The molecule has 2 heterocycles. The predicted octanol–water partition coefficient (Wildman–Crippen LogP) is 2.03. The van der Waals surface area contributed by atoms with Gasteiger partial charge in [0.25, 0.3) is 5.91 Å². The normalized spacial score (nSPS) is 21.2. The Morgan fingerprint density at radius 3 is 2.73 bits per heavy atom. The summed E-state index contributed by atoms with van der Waals surface area (Å²) in [5.74, 6) is -0.383. The molecular formula is C15H14ClN3O3. The van der Waals surface area contributed by atoms with Gasteiger partial charge in [-0.25, -0.2) is 0 Å². The highest BCUT2D eigenvalue weighted by molar-refractivity contribution is 6.30. The van der Waals surface area contributed by atoms with Gasteiger partial charge in [-0.15, -0.1) is 0 Å². The molecule has 0 unspecified atom stereocenters. The number of halogens is 1. The van der Waals surface area contributed by atoms with Gasteiger partial charge in [-0.2, -0.15) is 0 Å². The minimum Gasteiger partial charge on any atom is -0.364 e. The number of nitrogens with zero attached hydrogens (tertiary/aromatic N) is 2. The van der Waals surface area contributed by atoms with Crippen molar-refractivity contribution in [1.82, 2.24) is 15.4 Å². The van der Waals surface area contributed by atoms with Crippen molar-refractivity contribution in [2.75, 3.05) is 7.05 Å². The SMILES string of the molecule is CN1C(=O)C[C@@H](NC(=O)c2ccon2)[C@@H]1c1ccc(Cl)cc1. The lowest BCUT2D eigenvalue weighted by Gasteiger charge is -2.25. The molecule has 1 saturated heterocycles. The highest BCUT2D eigenvalue weighted by atomic mass is 35.5. The highest BCUT2D eigenvalue weighted by Crippen LogP contribution is 2.32. The first-order valence-electron chi connectivity index (χ1n) is 6.78. The fourth-order valence-corrected chi connectivity index (χ4v) is 2.81. The molecule has 0 aliphatic carbocycles. The first-order valence-corrected chi connectivity index (χ1v) is 7.16. The van der Waals surface area contributed by atoms with Gasteiger partial charge in [-0.1, -0.05) is 28.9 Å². The van der Waals surface area contributed by atoms with E-state index < -0.39 is 0 Å². The number of likely N-dealkylation sites (N-methyl/N-ethyl adjacent to an activating group) is 1. The summed E-state index contributed by atoms with van der Waals surface area (Å²) in [5, 5.41) is 7.07. The van der Waals surface area contributed by atoms with E-state index >= 15 is 0 Å². The third-order valence-electron chi connectivity index (χ3n) is 3.78. The maximum absolute atomic E-state index is 12.1. The van der Waals surface area contributed by atoms with E-state index in [1.54, 1.807) is 24.1 Å². The van der Waals surface area contributed by atoms with E-state index in [4.69, 9.17) is 11.6 Å². The van der Waals surface area contributed by atoms with Crippen LogP contribution >= 0.6 is 11.6 Å².